The summed E-state index contributed by atoms with van der Waals surface area (Å²) in [5, 5.41) is 31.3. The average molecular weight is 368 g/mol. The monoisotopic (exact) mass is 368 g/mol. The zero-order valence-electron chi connectivity index (χ0n) is 13.0. The van der Waals surface area contributed by atoms with Crippen molar-refractivity contribution in [2.45, 2.75) is 12.7 Å². The van der Waals surface area contributed by atoms with E-state index < -0.39 is 35.4 Å². The van der Waals surface area contributed by atoms with Crippen molar-refractivity contribution in [1.82, 2.24) is 5.32 Å². The number of hydrogen-bond acceptors (Lipinski definition) is 5. The third-order valence-corrected chi connectivity index (χ3v) is 3.42. The summed E-state index contributed by atoms with van der Waals surface area (Å²) in [6.07, 6.45) is -4.77. The van der Waals surface area contributed by atoms with Gasteiger partial charge in [-0.2, -0.15) is 13.2 Å². The first-order valence-corrected chi connectivity index (χ1v) is 7.18. The number of non-ortho nitro benzene ring substituents is 1. The van der Waals surface area contributed by atoms with Crippen LogP contribution < -0.4 is 10.8 Å². The number of rotatable bonds is 5. The molecule has 2 aromatic rings. The van der Waals surface area contributed by atoms with Crippen LogP contribution in [-0.2, 0) is 12.7 Å². The normalized spacial score (nSPS) is 11.1. The minimum absolute atomic E-state index is 0.0528. The Kier molecular flexibility index (Phi) is 5.63. The lowest BCUT2D eigenvalue weighted by molar-refractivity contribution is -0.385. The Labute approximate surface area is 145 Å². The number of alkyl halides is 3. The van der Waals surface area contributed by atoms with Gasteiger partial charge in [0.05, 0.1) is 10.5 Å². The van der Waals surface area contributed by atoms with Crippen molar-refractivity contribution in [3.8, 4) is 0 Å². The Morgan fingerprint density at radius 2 is 1.88 bits per heavy atom. The summed E-state index contributed by atoms with van der Waals surface area (Å²) < 4.78 is 38.5. The van der Waals surface area contributed by atoms with Crippen LogP contribution in [0.1, 0.15) is 21.5 Å². The number of nitro benzene ring substituents is 1. The Bertz CT molecular complexity index is 842. The Morgan fingerprint density at radius 1 is 1.19 bits per heavy atom. The molecule has 0 saturated heterocycles. The molecule has 0 aliphatic carbocycles. The zero-order valence-corrected chi connectivity index (χ0v) is 13.0. The number of carbonyl (C=O) groups is 1. The molecule has 0 radical (unpaired) electrons. The largest absolute Gasteiger partial charge is 0.488 e. The van der Waals surface area contributed by atoms with E-state index in [2.05, 4.69) is 5.32 Å². The molecule has 0 aliphatic heterocycles. The maximum Gasteiger partial charge on any atom is 0.488 e. The number of halogens is 3. The predicted molar refractivity (Wildman–Crippen MR) is 85.5 cm³/mol. The van der Waals surface area contributed by atoms with Crippen molar-refractivity contribution < 1.29 is 32.9 Å². The van der Waals surface area contributed by atoms with Crippen LogP contribution in [0.4, 0.5) is 18.9 Å². The molecule has 0 bridgehead atoms. The highest BCUT2D eigenvalue weighted by Crippen LogP contribution is 2.32. The second-order valence-electron chi connectivity index (χ2n) is 5.32. The van der Waals surface area contributed by atoms with Gasteiger partial charge in [-0.15, -0.1) is 0 Å². The summed E-state index contributed by atoms with van der Waals surface area (Å²) in [7, 11) is -1.78. The predicted octanol–water partition coefficient (Wildman–Crippen LogP) is 1.22. The zero-order chi connectivity index (χ0) is 19.5. The van der Waals surface area contributed by atoms with Gasteiger partial charge in [-0.05, 0) is 29.2 Å². The quantitative estimate of drug-likeness (QED) is 0.417. The van der Waals surface area contributed by atoms with E-state index in [-0.39, 0.29) is 23.1 Å². The van der Waals surface area contributed by atoms with Crippen LogP contribution in [0.2, 0.25) is 0 Å². The number of amides is 1. The van der Waals surface area contributed by atoms with E-state index >= 15 is 0 Å². The first-order valence-electron chi connectivity index (χ1n) is 7.18. The lowest BCUT2D eigenvalue weighted by atomic mass is 9.79. The van der Waals surface area contributed by atoms with Crippen LogP contribution in [-0.4, -0.2) is 28.0 Å². The van der Waals surface area contributed by atoms with Gasteiger partial charge in [-0.25, -0.2) is 0 Å². The summed E-state index contributed by atoms with van der Waals surface area (Å²) in [5.41, 5.74) is -1.92. The highest BCUT2D eigenvalue weighted by molar-refractivity contribution is 6.58. The van der Waals surface area contributed by atoms with E-state index in [1.165, 1.54) is 24.3 Å². The number of carbonyl (C=O) groups excluding carboxylic acids is 1. The van der Waals surface area contributed by atoms with Crippen molar-refractivity contribution in [1.29, 1.82) is 0 Å². The number of nitrogens with one attached hydrogen (secondary N) is 1. The van der Waals surface area contributed by atoms with Crippen LogP contribution in [0.25, 0.3) is 0 Å². The fourth-order valence-electron chi connectivity index (χ4n) is 2.17. The van der Waals surface area contributed by atoms with Crippen molar-refractivity contribution in [2.75, 3.05) is 0 Å². The van der Waals surface area contributed by atoms with E-state index in [1.54, 1.807) is 0 Å². The van der Waals surface area contributed by atoms with Gasteiger partial charge in [0, 0.05) is 24.2 Å². The highest BCUT2D eigenvalue weighted by atomic mass is 19.4. The Morgan fingerprint density at radius 3 is 2.46 bits per heavy atom. The highest BCUT2D eigenvalue weighted by Gasteiger charge is 2.32. The molecule has 2 rings (SSSR count). The van der Waals surface area contributed by atoms with Gasteiger partial charge in [0.2, 0.25) is 0 Å². The molecule has 0 aliphatic rings. The second-order valence-corrected chi connectivity index (χ2v) is 5.32. The summed E-state index contributed by atoms with van der Waals surface area (Å²) in [5.74, 6) is -0.687. The summed E-state index contributed by atoms with van der Waals surface area (Å²) in [6, 6.07) is 7.41. The molecule has 0 fully saturated rings. The fourth-order valence-corrected chi connectivity index (χ4v) is 2.17. The third-order valence-electron chi connectivity index (χ3n) is 3.42. The van der Waals surface area contributed by atoms with E-state index in [0.29, 0.717) is 12.1 Å². The van der Waals surface area contributed by atoms with Gasteiger partial charge < -0.3 is 15.4 Å². The van der Waals surface area contributed by atoms with Crippen LogP contribution in [0.15, 0.2) is 42.5 Å². The summed E-state index contributed by atoms with van der Waals surface area (Å²) in [4.78, 5) is 21.9. The molecule has 0 heterocycles. The van der Waals surface area contributed by atoms with Gasteiger partial charge in [0.1, 0.15) is 0 Å². The molecule has 26 heavy (non-hydrogen) atoms. The van der Waals surface area contributed by atoms with E-state index in [9.17, 15) is 28.1 Å². The topological polar surface area (TPSA) is 113 Å². The molecule has 2 aromatic carbocycles. The minimum atomic E-state index is -4.77. The van der Waals surface area contributed by atoms with Crippen LogP contribution in [0, 0.1) is 10.1 Å². The van der Waals surface area contributed by atoms with Crippen molar-refractivity contribution in [2.24, 2.45) is 0 Å². The second kappa shape index (κ2) is 7.54. The molecule has 0 unspecified atom stereocenters. The fraction of sp³-hybridized carbons (Fsp3) is 0.133. The SMILES string of the molecule is O=C(NCc1cc([N+](=O)[O-])cc(C(F)(F)F)c1)c1cccc(B(O)O)c1. The molecule has 7 nitrogen and oxygen atoms in total. The third kappa shape index (κ3) is 4.80. The average Bonchev–Trinajstić information content (AvgIpc) is 2.58. The number of nitrogens with zero attached hydrogens (tertiary/aromatic N) is 1. The van der Waals surface area contributed by atoms with Gasteiger partial charge in [0.25, 0.3) is 11.6 Å². The minimum Gasteiger partial charge on any atom is -0.423 e. The van der Waals surface area contributed by atoms with Crippen LogP contribution in [0.5, 0.6) is 0 Å². The van der Waals surface area contributed by atoms with Crippen molar-refractivity contribution in [3.05, 3.63) is 69.3 Å². The molecule has 3 N–H and O–H groups in total. The number of benzene rings is 2. The molecular formula is C15H12BF3N2O5. The first kappa shape index (κ1) is 19.4. The number of hydrogen-bond donors (Lipinski definition) is 3. The first-order chi connectivity index (χ1) is 12.1. The van der Waals surface area contributed by atoms with E-state index in [4.69, 9.17) is 10.0 Å². The number of nitro groups is 1. The Balaban J connectivity index is 2.21. The van der Waals surface area contributed by atoms with Crippen molar-refractivity contribution in [3.63, 3.8) is 0 Å². The van der Waals surface area contributed by atoms with Crippen molar-refractivity contribution >= 4 is 24.2 Å². The molecule has 1 amide bonds. The smallest absolute Gasteiger partial charge is 0.423 e. The van der Waals surface area contributed by atoms with Crippen LogP contribution in [0.3, 0.4) is 0 Å². The summed E-state index contributed by atoms with van der Waals surface area (Å²) in [6.45, 7) is -0.379. The summed E-state index contributed by atoms with van der Waals surface area (Å²) >= 11 is 0. The van der Waals surface area contributed by atoms with E-state index in [0.717, 1.165) is 6.07 Å². The lowest BCUT2D eigenvalue weighted by Crippen LogP contribution is -2.31. The maximum atomic E-state index is 12.8. The molecule has 0 atom stereocenters. The molecule has 11 heteroatoms. The molecular weight excluding hydrogens is 356 g/mol. The lowest BCUT2D eigenvalue weighted by Gasteiger charge is -2.10. The standard InChI is InChI=1S/C15H12BF3N2O5/c17-15(18,19)11-4-9(5-13(7-11)21(25)26)8-20-14(22)10-2-1-3-12(6-10)16(23)24/h1-7,23-24H,8H2,(H,20,22). The van der Waals surface area contributed by atoms with E-state index in [1.807, 2.05) is 0 Å². The maximum absolute atomic E-state index is 12.8. The molecule has 0 spiro atoms. The van der Waals surface area contributed by atoms with Crippen LogP contribution >= 0.6 is 0 Å². The van der Waals surface area contributed by atoms with Gasteiger partial charge >= 0.3 is 13.3 Å². The van der Waals surface area contributed by atoms with Gasteiger partial charge in [0.15, 0.2) is 0 Å². The molecule has 0 aromatic heterocycles. The Hall–Kier alpha value is -2.92. The molecule has 136 valence electrons. The molecule has 0 saturated carbocycles. The van der Waals surface area contributed by atoms with Gasteiger partial charge in [-0.3, -0.25) is 14.9 Å². The van der Waals surface area contributed by atoms with Gasteiger partial charge in [-0.1, -0.05) is 12.1 Å².